The number of hydrogen-bond acceptors (Lipinski definition) is 3. The van der Waals surface area contributed by atoms with Crippen molar-refractivity contribution in [1.82, 2.24) is 5.32 Å². The van der Waals surface area contributed by atoms with Crippen LogP contribution >= 0.6 is 0 Å². The van der Waals surface area contributed by atoms with Crippen LogP contribution in [0.2, 0.25) is 0 Å². The molecular formula is C15H11FN2O2. The molecule has 0 fully saturated rings. The standard InChI is InChI=1S/C15H11FN2O2/c16-14-6-10(8-17)4-5-12(14)9-18-15(20)11-2-1-3-13(19)7-11/h1-7,19H,9H2,(H,18,20). The number of phenolic OH excluding ortho intramolecular Hbond substituents is 1. The lowest BCUT2D eigenvalue weighted by atomic mass is 10.1. The summed E-state index contributed by atoms with van der Waals surface area (Å²) in [7, 11) is 0. The van der Waals surface area contributed by atoms with Crippen LogP contribution in [0, 0.1) is 17.1 Å². The molecule has 0 spiro atoms. The Morgan fingerprint density at radius 3 is 2.75 bits per heavy atom. The summed E-state index contributed by atoms with van der Waals surface area (Å²) in [5.41, 5.74) is 0.808. The minimum absolute atomic E-state index is 0.00598. The van der Waals surface area contributed by atoms with Crippen molar-refractivity contribution in [2.24, 2.45) is 0 Å². The highest BCUT2D eigenvalue weighted by molar-refractivity contribution is 5.94. The van der Waals surface area contributed by atoms with Crippen LogP contribution < -0.4 is 5.32 Å². The number of nitrogens with zero attached hydrogens (tertiary/aromatic N) is 1. The normalized spacial score (nSPS) is 9.80. The maximum Gasteiger partial charge on any atom is 0.251 e. The Morgan fingerprint density at radius 2 is 2.10 bits per heavy atom. The van der Waals surface area contributed by atoms with Gasteiger partial charge in [0.15, 0.2) is 0 Å². The number of carbonyl (C=O) groups is 1. The molecule has 2 aromatic carbocycles. The van der Waals surface area contributed by atoms with E-state index < -0.39 is 11.7 Å². The molecule has 0 aliphatic heterocycles. The van der Waals surface area contributed by atoms with Crippen molar-refractivity contribution in [3.05, 3.63) is 65.0 Å². The fourth-order valence-corrected chi connectivity index (χ4v) is 1.68. The second-order valence-corrected chi connectivity index (χ2v) is 4.15. The van der Waals surface area contributed by atoms with Crippen molar-refractivity contribution in [3.63, 3.8) is 0 Å². The van der Waals surface area contributed by atoms with Gasteiger partial charge in [0, 0.05) is 17.7 Å². The molecule has 0 saturated heterocycles. The second kappa shape index (κ2) is 5.85. The van der Waals surface area contributed by atoms with E-state index in [1.807, 2.05) is 6.07 Å². The van der Waals surface area contributed by atoms with Gasteiger partial charge in [-0.25, -0.2) is 4.39 Å². The van der Waals surface area contributed by atoms with Gasteiger partial charge in [-0.2, -0.15) is 5.26 Å². The summed E-state index contributed by atoms with van der Waals surface area (Å²) in [6, 6.07) is 11.8. The predicted octanol–water partition coefficient (Wildman–Crippen LogP) is 2.33. The highest BCUT2D eigenvalue weighted by Gasteiger charge is 2.08. The van der Waals surface area contributed by atoms with Crippen molar-refractivity contribution in [2.45, 2.75) is 6.54 Å². The number of hydrogen-bond donors (Lipinski definition) is 2. The molecule has 2 rings (SSSR count). The van der Waals surface area contributed by atoms with Gasteiger partial charge in [0.25, 0.3) is 5.91 Å². The number of nitrogens with one attached hydrogen (secondary N) is 1. The van der Waals surface area contributed by atoms with Gasteiger partial charge in [-0.1, -0.05) is 12.1 Å². The lowest BCUT2D eigenvalue weighted by molar-refractivity contribution is 0.0950. The van der Waals surface area contributed by atoms with Crippen LogP contribution in [-0.2, 0) is 6.54 Å². The Labute approximate surface area is 115 Å². The van der Waals surface area contributed by atoms with Crippen LogP contribution in [0.1, 0.15) is 21.5 Å². The van der Waals surface area contributed by atoms with E-state index in [9.17, 15) is 14.3 Å². The molecule has 100 valence electrons. The number of carbonyl (C=O) groups excluding carboxylic acids is 1. The number of benzene rings is 2. The van der Waals surface area contributed by atoms with E-state index >= 15 is 0 Å². The van der Waals surface area contributed by atoms with Crippen LogP contribution in [0.5, 0.6) is 5.75 Å². The van der Waals surface area contributed by atoms with E-state index in [2.05, 4.69) is 5.32 Å². The Morgan fingerprint density at radius 1 is 1.30 bits per heavy atom. The minimum Gasteiger partial charge on any atom is -0.508 e. The third-order valence-corrected chi connectivity index (χ3v) is 2.73. The Bertz CT molecular complexity index is 693. The van der Waals surface area contributed by atoms with Crippen molar-refractivity contribution in [1.29, 1.82) is 5.26 Å². The highest BCUT2D eigenvalue weighted by atomic mass is 19.1. The molecule has 4 nitrogen and oxygen atoms in total. The first-order valence-corrected chi connectivity index (χ1v) is 5.86. The van der Waals surface area contributed by atoms with Crippen LogP contribution in [0.25, 0.3) is 0 Å². The maximum atomic E-state index is 13.6. The summed E-state index contributed by atoms with van der Waals surface area (Å²) in [5, 5.41) is 20.5. The lowest BCUT2D eigenvalue weighted by Crippen LogP contribution is -2.23. The van der Waals surface area contributed by atoms with Gasteiger partial charge in [0.1, 0.15) is 11.6 Å². The van der Waals surface area contributed by atoms with Gasteiger partial charge in [0.2, 0.25) is 0 Å². The molecule has 0 unspecified atom stereocenters. The SMILES string of the molecule is N#Cc1ccc(CNC(=O)c2cccc(O)c2)c(F)c1. The molecule has 0 bridgehead atoms. The molecule has 2 aromatic rings. The van der Waals surface area contributed by atoms with Crippen LogP contribution in [0.15, 0.2) is 42.5 Å². The summed E-state index contributed by atoms with van der Waals surface area (Å²) >= 11 is 0. The summed E-state index contributed by atoms with van der Waals surface area (Å²) < 4.78 is 13.6. The van der Waals surface area contributed by atoms with E-state index in [0.29, 0.717) is 5.56 Å². The average molecular weight is 270 g/mol. The molecule has 2 N–H and O–H groups in total. The predicted molar refractivity (Wildman–Crippen MR) is 70.4 cm³/mol. The van der Waals surface area contributed by atoms with Gasteiger partial charge in [-0.15, -0.1) is 0 Å². The second-order valence-electron chi connectivity index (χ2n) is 4.15. The molecule has 0 aliphatic rings. The third-order valence-electron chi connectivity index (χ3n) is 2.73. The van der Waals surface area contributed by atoms with E-state index in [1.165, 1.54) is 24.3 Å². The van der Waals surface area contributed by atoms with Gasteiger partial charge >= 0.3 is 0 Å². The number of phenols is 1. The quantitative estimate of drug-likeness (QED) is 0.899. The monoisotopic (exact) mass is 270 g/mol. The van der Waals surface area contributed by atoms with Crippen LogP contribution in [-0.4, -0.2) is 11.0 Å². The van der Waals surface area contributed by atoms with Crippen LogP contribution in [0.4, 0.5) is 4.39 Å². The molecule has 0 atom stereocenters. The average Bonchev–Trinajstić information content (AvgIpc) is 2.45. The smallest absolute Gasteiger partial charge is 0.251 e. The molecule has 5 heteroatoms. The van der Waals surface area contributed by atoms with E-state index in [4.69, 9.17) is 5.26 Å². The molecule has 1 amide bonds. The number of aromatic hydroxyl groups is 1. The molecule has 0 saturated carbocycles. The maximum absolute atomic E-state index is 13.6. The first kappa shape index (κ1) is 13.6. The molecule has 0 aliphatic carbocycles. The fraction of sp³-hybridized carbons (Fsp3) is 0.0667. The zero-order valence-corrected chi connectivity index (χ0v) is 10.4. The molecule has 20 heavy (non-hydrogen) atoms. The first-order chi connectivity index (χ1) is 9.60. The summed E-state index contributed by atoms with van der Waals surface area (Å²) in [5.74, 6) is -0.966. The van der Waals surface area contributed by atoms with Crippen molar-refractivity contribution < 1.29 is 14.3 Å². The molecular weight excluding hydrogens is 259 g/mol. The number of halogens is 1. The van der Waals surface area contributed by atoms with E-state index in [0.717, 1.165) is 6.07 Å². The van der Waals surface area contributed by atoms with Gasteiger partial charge in [-0.05, 0) is 30.3 Å². The van der Waals surface area contributed by atoms with Gasteiger partial charge in [0.05, 0.1) is 11.6 Å². The minimum atomic E-state index is -0.541. The topological polar surface area (TPSA) is 73.1 Å². The van der Waals surface area contributed by atoms with E-state index in [1.54, 1.807) is 12.1 Å². The van der Waals surface area contributed by atoms with Crippen LogP contribution in [0.3, 0.4) is 0 Å². The Hall–Kier alpha value is -2.87. The molecule has 0 radical (unpaired) electrons. The number of amides is 1. The summed E-state index contributed by atoms with van der Waals surface area (Å²) in [6.07, 6.45) is 0. The van der Waals surface area contributed by atoms with E-state index in [-0.39, 0.29) is 23.4 Å². The fourth-order valence-electron chi connectivity index (χ4n) is 1.68. The zero-order chi connectivity index (χ0) is 14.5. The van der Waals surface area contributed by atoms with Crippen molar-refractivity contribution in [3.8, 4) is 11.8 Å². The Kier molecular flexibility index (Phi) is 3.96. The summed E-state index contributed by atoms with van der Waals surface area (Å²) in [4.78, 5) is 11.8. The molecule has 0 aromatic heterocycles. The van der Waals surface area contributed by atoms with Crippen molar-refractivity contribution in [2.75, 3.05) is 0 Å². The first-order valence-electron chi connectivity index (χ1n) is 5.86. The van der Waals surface area contributed by atoms with Gasteiger partial charge < -0.3 is 10.4 Å². The highest BCUT2D eigenvalue weighted by Crippen LogP contribution is 2.12. The summed E-state index contributed by atoms with van der Waals surface area (Å²) in [6.45, 7) is 0.00598. The third kappa shape index (κ3) is 3.12. The number of rotatable bonds is 3. The largest absolute Gasteiger partial charge is 0.508 e. The lowest BCUT2D eigenvalue weighted by Gasteiger charge is -2.07. The zero-order valence-electron chi connectivity index (χ0n) is 10.4. The van der Waals surface area contributed by atoms with Crippen molar-refractivity contribution >= 4 is 5.91 Å². The van der Waals surface area contributed by atoms with Gasteiger partial charge in [-0.3, -0.25) is 4.79 Å². The Balaban J connectivity index is 2.06. The number of nitriles is 1. The molecule has 0 heterocycles.